The van der Waals surface area contributed by atoms with Crippen molar-refractivity contribution >= 4 is 0 Å². The molecule has 10 heavy (non-hydrogen) atoms. The molecule has 0 unspecified atom stereocenters. The molecule has 0 saturated heterocycles. The molecule has 0 saturated carbocycles. The molecule has 0 aliphatic carbocycles. The first-order valence-electron chi connectivity index (χ1n) is 3.28. The molecule has 0 spiro atoms. The van der Waals surface area contributed by atoms with Gasteiger partial charge in [0.15, 0.2) is 0 Å². The van der Waals surface area contributed by atoms with Gasteiger partial charge in [-0.25, -0.2) is 0 Å². The number of hydrogen-bond acceptors (Lipinski definition) is 2. The predicted molar refractivity (Wildman–Crippen MR) is 38.7 cm³/mol. The van der Waals surface area contributed by atoms with E-state index in [1.165, 1.54) is 6.07 Å². The van der Waals surface area contributed by atoms with Gasteiger partial charge >= 0.3 is 0 Å². The van der Waals surface area contributed by atoms with Gasteiger partial charge in [0, 0.05) is 18.8 Å². The summed E-state index contributed by atoms with van der Waals surface area (Å²) in [4.78, 5) is 10.5. The Morgan fingerprint density at radius 1 is 1.70 bits per heavy atom. The summed E-state index contributed by atoms with van der Waals surface area (Å²) in [6, 6.07) is 1.50. The van der Waals surface area contributed by atoms with Crippen molar-refractivity contribution in [2.24, 2.45) is 5.73 Å². The molecule has 0 bridgehead atoms. The summed E-state index contributed by atoms with van der Waals surface area (Å²) >= 11 is 0. The summed E-state index contributed by atoms with van der Waals surface area (Å²) in [5.41, 5.74) is 5.22. The molecule has 1 aromatic rings. The number of nitrogens with two attached hydrogens (primary N) is 1. The van der Waals surface area contributed by atoms with E-state index in [9.17, 15) is 4.79 Å². The Morgan fingerprint density at radius 3 is 3.00 bits per heavy atom. The van der Waals surface area contributed by atoms with Crippen molar-refractivity contribution in [1.82, 2.24) is 9.78 Å². The molecule has 4 heteroatoms. The maximum absolute atomic E-state index is 10.5. The SMILES string of the molecule is NCCCn1ccc(=O)[nH]1. The molecule has 56 valence electrons. The Balaban J connectivity index is 2.50. The lowest BCUT2D eigenvalue weighted by atomic mass is 10.4. The zero-order valence-electron chi connectivity index (χ0n) is 5.71. The molecular formula is C6H11N3O. The molecule has 3 N–H and O–H groups in total. The van der Waals surface area contributed by atoms with Crippen LogP contribution in [0.15, 0.2) is 17.1 Å². The molecule has 1 heterocycles. The highest BCUT2D eigenvalue weighted by Crippen LogP contribution is 1.82. The summed E-state index contributed by atoms with van der Waals surface area (Å²) in [5, 5.41) is 2.62. The first kappa shape index (κ1) is 7.08. The first-order valence-corrected chi connectivity index (χ1v) is 3.28. The van der Waals surface area contributed by atoms with E-state index in [0.29, 0.717) is 6.54 Å². The fourth-order valence-corrected chi connectivity index (χ4v) is 0.766. The molecular weight excluding hydrogens is 130 g/mol. The Hall–Kier alpha value is -1.03. The van der Waals surface area contributed by atoms with E-state index < -0.39 is 0 Å². The van der Waals surface area contributed by atoms with Gasteiger partial charge in [-0.2, -0.15) is 0 Å². The zero-order chi connectivity index (χ0) is 7.40. The second-order valence-electron chi connectivity index (χ2n) is 2.13. The van der Waals surface area contributed by atoms with Crippen molar-refractivity contribution in [2.75, 3.05) is 6.54 Å². The van der Waals surface area contributed by atoms with E-state index in [4.69, 9.17) is 5.73 Å². The highest BCUT2D eigenvalue weighted by Gasteiger charge is 1.88. The van der Waals surface area contributed by atoms with Gasteiger partial charge in [-0.05, 0) is 13.0 Å². The fourth-order valence-electron chi connectivity index (χ4n) is 0.766. The predicted octanol–water partition coefficient (Wildman–Crippen LogP) is -0.475. The summed E-state index contributed by atoms with van der Waals surface area (Å²) < 4.78 is 1.73. The van der Waals surface area contributed by atoms with Crippen LogP contribution in [-0.2, 0) is 6.54 Å². The Bertz CT molecular complexity index is 237. The number of nitrogens with one attached hydrogen (secondary N) is 1. The minimum atomic E-state index is -0.0583. The lowest BCUT2D eigenvalue weighted by Crippen LogP contribution is -2.09. The van der Waals surface area contributed by atoms with Crippen molar-refractivity contribution < 1.29 is 0 Å². The minimum absolute atomic E-state index is 0.0583. The lowest BCUT2D eigenvalue weighted by molar-refractivity contribution is 0.580. The van der Waals surface area contributed by atoms with Gasteiger partial charge in [0.25, 0.3) is 5.56 Å². The Labute approximate surface area is 58.6 Å². The van der Waals surface area contributed by atoms with Crippen LogP contribution < -0.4 is 11.3 Å². The van der Waals surface area contributed by atoms with Crippen molar-refractivity contribution in [2.45, 2.75) is 13.0 Å². The van der Waals surface area contributed by atoms with Crippen LogP contribution in [0.2, 0.25) is 0 Å². The van der Waals surface area contributed by atoms with Crippen LogP contribution >= 0.6 is 0 Å². The van der Waals surface area contributed by atoms with Crippen molar-refractivity contribution in [3.05, 3.63) is 22.6 Å². The van der Waals surface area contributed by atoms with E-state index in [-0.39, 0.29) is 5.56 Å². The van der Waals surface area contributed by atoms with E-state index in [1.807, 2.05) is 0 Å². The minimum Gasteiger partial charge on any atom is -0.330 e. The maximum Gasteiger partial charge on any atom is 0.264 e. The van der Waals surface area contributed by atoms with Crippen LogP contribution in [0.4, 0.5) is 0 Å². The van der Waals surface area contributed by atoms with E-state index >= 15 is 0 Å². The average Bonchev–Trinajstić information content (AvgIpc) is 2.31. The van der Waals surface area contributed by atoms with Crippen LogP contribution in [0.1, 0.15) is 6.42 Å². The normalized spacial score (nSPS) is 10.1. The smallest absolute Gasteiger partial charge is 0.264 e. The van der Waals surface area contributed by atoms with Gasteiger partial charge in [0.2, 0.25) is 0 Å². The number of aromatic nitrogens is 2. The molecule has 0 atom stereocenters. The topological polar surface area (TPSA) is 63.8 Å². The number of hydrogen-bond donors (Lipinski definition) is 2. The number of rotatable bonds is 3. The summed E-state index contributed by atoms with van der Waals surface area (Å²) in [5.74, 6) is 0. The summed E-state index contributed by atoms with van der Waals surface area (Å²) in [7, 11) is 0. The highest BCUT2D eigenvalue weighted by atomic mass is 16.1. The maximum atomic E-state index is 10.5. The molecule has 0 aliphatic rings. The molecule has 0 radical (unpaired) electrons. The van der Waals surface area contributed by atoms with Crippen molar-refractivity contribution in [1.29, 1.82) is 0 Å². The Morgan fingerprint density at radius 2 is 2.50 bits per heavy atom. The molecule has 1 aromatic heterocycles. The zero-order valence-corrected chi connectivity index (χ0v) is 5.71. The van der Waals surface area contributed by atoms with Crippen LogP contribution in [0.25, 0.3) is 0 Å². The lowest BCUT2D eigenvalue weighted by Gasteiger charge is -1.97. The molecule has 1 rings (SSSR count). The third-order valence-electron chi connectivity index (χ3n) is 1.26. The van der Waals surface area contributed by atoms with Crippen LogP contribution in [0.5, 0.6) is 0 Å². The van der Waals surface area contributed by atoms with Crippen molar-refractivity contribution in [3.63, 3.8) is 0 Å². The van der Waals surface area contributed by atoms with Crippen molar-refractivity contribution in [3.8, 4) is 0 Å². The largest absolute Gasteiger partial charge is 0.330 e. The second kappa shape index (κ2) is 3.22. The van der Waals surface area contributed by atoms with Crippen LogP contribution in [-0.4, -0.2) is 16.3 Å². The number of nitrogens with zero attached hydrogens (tertiary/aromatic N) is 1. The van der Waals surface area contributed by atoms with Gasteiger partial charge < -0.3 is 5.73 Å². The second-order valence-corrected chi connectivity index (χ2v) is 2.13. The highest BCUT2D eigenvalue weighted by molar-refractivity contribution is 4.79. The average molecular weight is 141 g/mol. The van der Waals surface area contributed by atoms with Crippen LogP contribution in [0, 0.1) is 0 Å². The third kappa shape index (κ3) is 1.73. The number of aromatic amines is 1. The standard InChI is InChI=1S/C6H11N3O/c7-3-1-4-9-5-2-6(10)8-9/h2,5H,1,3-4,7H2,(H,8,10). The van der Waals surface area contributed by atoms with Gasteiger partial charge in [-0.3, -0.25) is 14.6 Å². The molecule has 0 aromatic carbocycles. The molecule has 0 aliphatic heterocycles. The van der Waals surface area contributed by atoms with Gasteiger partial charge in [-0.1, -0.05) is 0 Å². The van der Waals surface area contributed by atoms with E-state index in [0.717, 1.165) is 13.0 Å². The van der Waals surface area contributed by atoms with E-state index in [2.05, 4.69) is 5.10 Å². The summed E-state index contributed by atoms with van der Waals surface area (Å²) in [6.45, 7) is 1.44. The molecule has 4 nitrogen and oxygen atoms in total. The Kier molecular flexibility index (Phi) is 2.28. The molecule has 0 amide bonds. The summed E-state index contributed by atoms with van der Waals surface area (Å²) in [6.07, 6.45) is 2.61. The van der Waals surface area contributed by atoms with Gasteiger partial charge in [0.05, 0.1) is 0 Å². The fraction of sp³-hybridized carbons (Fsp3) is 0.500. The number of H-pyrrole nitrogens is 1. The van der Waals surface area contributed by atoms with E-state index in [1.54, 1.807) is 10.9 Å². The quantitative estimate of drug-likeness (QED) is 0.597. The number of aryl methyl sites for hydroxylation is 1. The first-order chi connectivity index (χ1) is 4.83. The monoisotopic (exact) mass is 141 g/mol. The molecule has 0 fully saturated rings. The third-order valence-corrected chi connectivity index (χ3v) is 1.26. The van der Waals surface area contributed by atoms with Gasteiger partial charge in [0.1, 0.15) is 0 Å². The van der Waals surface area contributed by atoms with Crippen LogP contribution in [0.3, 0.4) is 0 Å². The van der Waals surface area contributed by atoms with Gasteiger partial charge in [-0.15, -0.1) is 0 Å².